The molecule has 0 aliphatic carbocycles. The Kier molecular flexibility index (Phi) is 4.58. The van der Waals surface area contributed by atoms with Gasteiger partial charge in [0.25, 0.3) is 0 Å². The van der Waals surface area contributed by atoms with E-state index in [-0.39, 0.29) is 16.6 Å². The number of hydrogen-bond acceptors (Lipinski definition) is 3. The van der Waals surface area contributed by atoms with Crippen LogP contribution in [-0.4, -0.2) is 32.0 Å². The first-order chi connectivity index (χ1) is 7.79. The number of allylic oxidation sites excluding steroid dienone is 1. The number of carbonyl (C=O) groups excluding carboxylic acids is 1. The summed E-state index contributed by atoms with van der Waals surface area (Å²) in [5.74, 6) is 0.0570. The Bertz CT molecular complexity index is 355. The fourth-order valence-corrected chi connectivity index (χ4v) is 3.14. The van der Waals surface area contributed by atoms with Crippen LogP contribution >= 0.6 is 0 Å². The minimum absolute atomic E-state index is 0.0570. The summed E-state index contributed by atoms with van der Waals surface area (Å²) in [5.41, 5.74) is 0.751. The van der Waals surface area contributed by atoms with Gasteiger partial charge in [0.05, 0.1) is 6.54 Å². The Morgan fingerprint density at radius 2 is 2.18 bits per heavy atom. The maximum Gasteiger partial charge on any atom is 0.157 e. The number of carbonyl (C=O) groups is 1. The van der Waals surface area contributed by atoms with Gasteiger partial charge >= 0.3 is 0 Å². The predicted molar refractivity (Wildman–Crippen MR) is 72.0 cm³/mol. The highest BCUT2D eigenvalue weighted by atomic mass is 32.2. The molecule has 1 rings (SSSR count). The van der Waals surface area contributed by atoms with Crippen LogP contribution in [0.5, 0.6) is 0 Å². The summed E-state index contributed by atoms with van der Waals surface area (Å²) in [6.45, 7) is 9.89. The molecule has 1 aliphatic heterocycles. The molecule has 3 nitrogen and oxygen atoms in total. The van der Waals surface area contributed by atoms with Gasteiger partial charge in [-0.05, 0) is 34.6 Å². The fraction of sp³-hybridized carbons (Fsp3) is 0.615. The van der Waals surface area contributed by atoms with Crippen molar-refractivity contribution in [3.63, 3.8) is 0 Å². The molecule has 0 N–H and O–H groups in total. The lowest BCUT2D eigenvalue weighted by Gasteiger charge is -2.33. The van der Waals surface area contributed by atoms with Crippen LogP contribution in [0.15, 0.2) is 23.8 Å². The molecule has 0 aromatic carbocycles. The topological polar surface area (TPSA) is 43.4 Å². The zero-order valence-electron chi connectivity index (χ0n) is 11.2. The lowest BCUT2D eigenvalue weighted by molar-refractivity contribution is -0.113. The normalized spacial score (nSPS) is 24.1. The van der Waals surface area contributed by atoms with Gasteiger partial charge in [-0.15, -0.1) is 4.31 Å². The van der Waals surface area contributed by atoms with Crippen molar-refractivity contribution in [3.05, 3.63) is 23.8 Å². The van der Waals surface area contributed by atoms with E-state index in [1.54, 1.807) is 6.92 Å². The van der Waals surface area contributed by atoms with E-state index in [0.717, 1.165) is 5.57 Å². The molecule has 0 radical (unpaired) electrons. The molecule has 17 heavy (non-hydrogen) atoms. The molecule has 96 valence electrons. The van der Waals surface area contributed by atoms with E-state index in [2.05, 4.69) is 0 Å². The third-order valence-corrected chi connectivity index (χ3v) is 4.49. The molecule has 0 aromatic rings. The lowest BCUT2D eigenvalue weighted by atomic mass is 10.1. The molecule has 1 aliphatic rings. The number of Topliss-reactive ketones (excluding diaryl/α,β-unsaturated/α-hetero) is 1. The zero-order chi connectivity index (χ0) is 13.2. The molecule has 2 atom stereocenters. The number of hydrogen-bond donors (Lipinski definition) is 0. The molecule has 0 saturated carbocycles. The highest BCUT2D eigenvalue weighted by molar-refractivity contribution is 7.90. The van der Waals surface area contributed by atoms with Crippen molar-refractivity contribution in [2.45, 2.75) is 45.4 Å². The maximum atomic E-state index is 12.4. The van der Waals surface area contributed by atoms with E-state index in [4.69, 9.17) is 0 Å². The largest absolute Gasteiger partial charge is 0.597 e. The monoisotopic (exact) mass is 255 g/mol. The molecule has 0 bridgehead atoms. The quantitative estimate of drug-likeness (QED) is 0.574. The van der Waals surface area contributed by atoms with Gasteiger partial charge < -0.3 is 4.55 Å². The summed E-state index contributed by atoms with van der Waals surface area (Å²) < 4.78 is 13.9. The average Bonchev–Trinajstić information content (AvgIpc) is 2.59. The number of nitrogens with zero attached hydrogens (tertiary/aromatic N) is 1. The first-order valence-electron chi connectivity index (χ1n) is 5.81. The van der Waals surface area contributed by atoms with E-state index >= 15 is 0 Å². The minimum Gasteiger partial charge on any atom is -0.597 e. The van der Waals surface area contributed by atoms with Gasteiger partial charge in [-0.2, -0.15) is 0 Å². The summed E-state index contributed by atoms with van der Waals surface area (Å²) in [4.78, 5) is 11.5. The molecular weight excluding hydrogens is 234 g/mol. The second-order valence-electron chi connectivity index (χ2n) is 5.15. The predicted octanol–water partition coefficient (Wildman–Crippen LogP) is 2.22. The number of ketones is 1. The molecule has 1 heterocycles. The Labute approximate surface area is 107 Å². The van der Waals surface area contributed by atoms with Gasteiger partial charge in [-0.25, -0.2) is 0 Å². The van der Waals surface area contributed by atoms with Crippen molar-refractivity contribution in [3.8, 4) is 0 Å². The third-order valence-electron chi connectivity index (χ3n) is 2.64. The van der Waals surface area contributed by atoms with Crippen molar-refractivity contribution < 1.29 is 9.35 Å². The summed E-state index contributed by atoms with van der Waals surface area (Å²) in [7, 11) is 0. The maximum absolute atomic E-state index is 12.4. The highest BCUT2D eigenvalue weighted by Gasteiger charge is 2.41. The van der Waals surface area contributed by atoms with E-state index in [9.17, 15) is 9.35 Å². The minimum atomic E-state index is -1.10. The van der Waals surface area contributed by atoms with Crippen LogP contribution in [0.4, 0.5) is 0 Å². The first kappa shape index (κ1) is 14.5. The van der Waals surface area contributed by atoms with Gasteiger partial charge in [0.2, 0.25) is 0 Å². The van der Waals surface area contributed by atoms with Crippen LogP contribution in [0.3, 0.4) is 0 Å². The lowest BCUT2D eigenvalue weighted by Crippen LogP contribution is -2.46. The molecule has 1 unspecified atom stereocenters. The molecule has 4 heteroatoms. The number of rotatable bonds is 3. The fourth-order valence-electron chi connectivity index (χ4n) is 1.83. The average molecular weight is 255 g/mol. The Balaban J connectivity index is 2.95. The highest BCUT2D eigenvalue weighted by Crippen LogP contribution is 2.29. The van der Waals surface area contributed by atoms with Gasteiger partial charge in [0.1, 0.15) is 10.8 Å². The van der Waals surface area contributed by atoms with Crippen LogP contribution in [0.2, 0.25) is 0 Å². The summed E-state index contributed by atoms with van der Waals surface area (Å²) in [6, 6.07) is -0.141. The van der Waals surface area contributed by atoms with Crippen LogP contribution < -0.4 is 0 Å². The molecule has 0 fully saturated rings. The Morgan fingerprint density at radius 1 is 1.59 bits per heavy atom. The van der Waals surface area contributed by atoms with Gasteiger partial charge in [-0.3, -0.25) is 4.79 Å². The second-order valence-corrected chi connectivity index (χ2v) is 7.34. The SMILES string of the molecule is C/C=C/[C@@H]1C(C(C)=O)=CCN1[S+]([O-])C(C)(C)C. The first-order valence-corrected chi connectivity index (χ1v) is 6.92. The second kappa shape index (κ2) is 5.38. The van der Waals surface area contributed by atoms with Crippen molar-refractivity contribution in [1.82, 2.24) is 4.31 Å². The van der Waals surface area contributed by atoms with Crippen LogP contribution in [0.25, 0.3) is 0 Å². The van der Waals surface area contributed by atoms with E-state index in [1.165, 1.54) is 0 Å². The van der Waals surface area contributed by atoms with Crippen LogP contribution in [0.1, 0.15) is 34.6 Å². The summed E-state index contributed by atoms with van der Waals surface area (Å²) in [5, 5.41) is 0. The van der Waals surface area contributed by atoms with Crippen LogP contribution in [0, 0.1) is 0 Å². The standard InChI is InChI=1S/C13H21NO2S/c1-6-7-12-11(10(2)15)8-9-14(12)17(16)13(3,4)5/h6-8,12H,9H2,1-5H3/b7-6+/t12-,17?/m1/s1. The Morgan fingerprint density at radius 3 is 2.59 bits per heavy atom. The zero-order valence-corrected chi connectivity index (χ0v) is 12.0. The van der Waals surface area contributed by atoms with E-state index in [0.29, 0.717) is 6.54 Å². The molecule has 0 amide bonds. The smallest absolute Gasteiger partial charge is 0.157 e. The third kappa shape index (κ3) is 3.21. The molecular formula is C13H21NO2S. The van der Waals surface area contributed by atoms with Crippen molar-refractivity contribution >= 4 is 17.1 Å². The van der Waals surface area contributed by atoms with Crippen molar-refractivity contribution in [2.24, 2.45) is 0 Å². The van der Waals surface area contributed by atoms with Gasteiger partial charge in [0.15, 0.2) is 5.78 Å². The van der Waals surface area contributed by atoms with Crippen molar-refractivity contribution in [1.29, 1.82) is 0 Å². The summed E-state index contributed by atoms with van der Waals surface area (Å²) in [6.07, 6.45) is 5.72. The van der Waals surface area contributed by atoms with Gasteiger partial charge in [0, 0.05) is 16.9 Å². The van der Waals surface area contributed by atoms with Crippen molar-refractivity contribution in [2.75, 3.05) is 6.54 Å². The van der Waals surface area contributed by atoms with Crippen LogP contribution in [-0.2, 0) is 16.2 Å². The van der Waals surface area contributed by atoms with E-state index < -0.39 is 11.4 Å². The van der Waals surface area contributed by atoms with E-state index in [1.807, 2.05) is 50.2 Å². The molecule has 0 saturated heterocycles. The van der Waals surface area contributed by atoms with Gasteiger partial charge in [-0.1, -0.05) is 18.2 Å². The molecule has 0 spiro atoms. The summed E-state index contributed by atoms with van der Waals surface area (Å²) >= 11 is -1.10. The Hall–Kier alpha value is -0.580. The molecule has 0 aromatic heterocycles.